The number of nitrogens with zero attached hydrogens (tertiary/aromatic N) is 2. The average Bonchev–Trinajstić information content (AvgIpc) is 3.59. The predicted molar refractivity (Wildman–Crippen MR) is 134 cm³/mol. The van der Waals surface area contributed by atoms with Gasteiger partial charge in [-0.3, -0.25) is 19.3 Å². The fourth-order valence-corrected chi connectivity index (χ4v) is 5.66. The number of thiophene rings is 1. The number of benzene rings is 2. The highest BCUT2D eigenvalue weighted by molar-refractivity contribution is 7.10. The van der Waals surface area contributed by atoms with Gasteiger partial charge in [0.2, 0.25) is 0 Å². The van der Waals surface area contributed by atoms with Gasteiger partial charge in [0.15, 0.2) is 0 Å². The Morgan fingerprint density at radius 2 is 1.76 bits per heavy atom. The van der Waals surface area contributed by atoms with E-state index in [2.05, 4.69) is 21.7 Å². The van der Waals surface area contributed by atoms with E-state index < -0.39 is 5.91 Å². The lowest BCUT2D eigenvalue weighted by Gasteiger charge is -2.27. The largest absolute Gasteiger partial charge is 0.350 e. The van der Waals surface area contributed by atoms with Crippen LogP contribution in [0.4, 0.5) is 5.69 Å². The molecule has 0 spiro atoms. The summed E-state index contributed by atoms with van der Waals surface area (Å²) in [6.45, 7) is 6.36. The predicted octanol–water partition coefficient (Wildman–Crippen LogP) is 4.73. The van der Waals surface area contributed by atoms with Crippen molar-refractivity contribution in [2.75, 3.05) is 24.5 Å². The molecule has 5 rings (SSSR count). The molecule has 174 valence electrons. The van der Waals surface area contributed by atoms with Gasteiger partial charge in [-0.15, -0.1) is 11.3 Å². The molecule has 34 heavy (non-hydrogen) atoms. The third kappa shape index (κ3) is 4.06. The first kappa shape index (κ1) is 22.5. The molecule has 0 saturated carbocycles. The van der Waals surface area contributed by atoms with Gasteiger partial charge in [-0.25, -0.2) is 4.90 Å². The smallest absolute Gasteiger partial charge is 0.266 e. The van der Waals surface area contributed by atoms with E-state index in [1.165, 1.54) is 22.6 Å². The van der Waals surface area contributed by atoms with E-state index in [4.69, 9.17) is 0 Å². The van der Waals surface area contributed by atoms with Gasteiger partial charge in [0.1, 0.15) is 0 Å². The number of amides is 3. The summed E-state index contributed by atoms with van der Waals surface area (Å²) >= 11 is 1.70. The third-order valence-corrected chi connectivity index (χ3v) is 7.64. The highest BCUT2D eigenvalue weighted by atomic mass is 32.1. The van der Waals surface area contributed by atoms with Gasteiger partial charge in [0.05, 0.1) is 22.9 Å². The summed E-state index contributed by atoms with van der Waals surface area (Å²) in [7, 11) is 0. The van der Waals surface area contributed by atoms with Gasteiger partial charge in [0, 0.05) is 17.0 Å². The normalized spacial score (nSPS) is 16.7. The maximum absolute atomic E-state index is 13.2. The van der Waals surface area contributed by atoms with Crippen LogP contribution in [0.2, 0.25) is 0 Å². The molecule has 2 aromatic carbocycles. The SMILES string of the molecule is Cc1ccc(C)c(N2C(=O)c3ccc(C(=O)NCC(c4cccs4)N4CCCC4)cc3C2=O)c1. The van der Waals surface area contributed by atoms with Gasteiger partial charge in [-0.2, -0.15) is 0 Å². The van der Waals surface area contributed by atoms with E-state index in [0.717, 1.165) is 24.2 Å². The lowest BCUT2D eigenvalue weighted by molar-refractivity contribution is 0.0921. The van der Waals surface area contributed by atoms with Crippen LogP contribution in [-0.2, 0) is 0 Å². The summed E-state index contributed by atoms with van der Waals surface area (Å²) in [5, 5.41) is 5.12. The number of likely N-dealkylation sites (tertiary alicyclic amines) is 1. The van der Waals surface area contributed by atoms with Crippen molar-refractivity contribution in [2.45, 2.75) is 32.7 Å². The molecule has 1 unspecified atom stereocenters. The summed E-state index contributed by atoms with van der Waals surface area (Å²) in [5.41, 5.74) is 3.38. The van der Waals surface area contributed by atoms with Crippen molar-refractivity contribution in [3.05, 3.63) is 86.6 Å². The van der Waals surface area contributed by atoms with Crippen LogP contribution in [0.3, 0.4) is 0 Å². The minimum atomic E-state index is -0.392. The van der Waals surface area contributed by atoms with Gasteiger partial charge >= 0.3 is 0 Å². The second-order valence-electron chi connectivity index (χ2n) is 8.98. The Hall–Kier alpha value is -3.29. The number of anilines is 1. The number of hydrogen-bond acceptors (Lipinski definition) is 5. The Morgan fingerprint density at radius 3 is 2.50 bits per heavy atom. The minimum absolute atomic E-state index is 0.142. The highest BCUT2D eigenvalue weighted by Gasteiger charge is 2.38. The molecule has 3 aromatic rings. The van der Waals surface area contributed by atoms with Crippen molar-refractivity contribution < 1.29 is 14.4 Å². The summed E-state index contributed by atoms with van der Waals surface area (Å²) in [4.78, 5) is 44.2. The highest BCUT2D eigenvalue weighted by Crippen LogP contribution is 2.32. The number of nitrogens with one attached hydrogen (secondary N) is 1. The Labute approximate surface area is 203 Å². The second-order valence-corrected chi connectivity index (χ2v) is 9.96. The van der Waals surface area contributed by atoms with E-state index in [0.29, 0.717) is 23.4 Å². The van der Waals surface area contributed by atoms with E-state index >= 15 is 0 Å². The molecule has 3 heterocycles. The van der Waals surface area contributed by atoms with Gasteiger partial charge in [0.25, 0.3) is 17.7 Å². The third-order valence-electron chi connectivity index (χ3n) is 6.66. The maximum atomic E-state index is 13.2. The first-order chi connectivity index (χ1) is 16.4. The monoisotopic (exact) mass is 473 g/mol. The standard InChI is InChI=1S/C27H27N3O3S/c1-17-7-8-18(2)22(14-17)30-26(32)20-10-9-19(15-21(20)27(30)33)25(31)28-16-23(24-6-5-13-34-24)29-11-3-4-12-29/h5-10,13-15,23H,3-4,11-12,16H2,1-2H3,(H,28,31). The molecule has 1 aromatic heterocycles. The molecule has 0 aliphatic carbocycles. The minimum Gasteiger partial charge on any atom is -0.350 e. The summed E-state index contributed by atoms with van der Waals surface area (Å²) in [6.07, 6.45) is 2.35. The number of fused-ring (bicyclic) bond motifs is 1. The second kappa shape index (κ2) is 9.16. The van der Waals surface area contributed by atoms with E-state index in [9.17, 15) is 14.4 Å². The number of carbonyl (C=O) groups excluding carboxylic acids is 3. The van der Waals surface area contributed by atoms with Crippen LogP contribution < -0.4 is 10.2 Å². The van der Waals surface area contributed by atoms with Crippen LogP contribution in [0.15, 0.2) is 53.9 Å². The van der Waals surface area contributed by atoms with Crippen molar-refractivity contribution in [1.29, 1.82) is 0 Å². The fourth-order valence-electron chi connectivity index (χ4n) is 4.80. The molecule has 2 aliphatic heterocycles. The number of aryl methyl sites for hydroxylation is 2. The molecule has 0 bridgehead atoms. The maximum Gasteiger partial charge on any atom is 0.266 e. The van der Waals surface area contributed by atoms with Crippen LogP contribution >= 0.6 is 11.3 Å². The van der Waals surface area contributed by atoms with Crippen LogP contribution in [-0.4, -0.2) is 42.3 Å². The van der Waals surface area contributed by atoms with Crippen molar-refractivity contribution in [3.8, 4) is 0 Å². The molecule has 6 nitrogen and oxygen atoms in total. The molecule has 1 saturated heterocycles. The first-order valence-corrected chi connectivity index (χ1v) is 12.5. The molecule has 7 heteroatoms. The van der Waals surface area contributed by atoms with E-state index in [1.807, 2.05) is 38.1 Å². The zero-order chi connectivity index (χ0) is 23.8. The Balaban J connectivity index is 1.35. The summed E-state index contributed by atoms with van der Waals surface area (Å²) in [6, 6.07) is 14.7. The zero-order valence-electron chi connectivity index (χ0n) is 19.3. The lowest BCUT2D eigenvalue weighted by Crippen LogP contribution is -2.36. The average molecular weight is 474 g/mol. The van der Waals surface area contributed by atoms with Crippen LogP contribution in [0, 0.1) is 13.8 Å². The molecule has 3 amide bonds. The van der Waals surface area contributed by atoms with Crippen LogP contribution in [0.1, 0.15) is 66.0 Å². The number of imide groups is 1. The van der Waals surface area contributed by atoms with Crippen molar-refractivity contribution >= 4 is 34.7 Å². The van der Waals surface area contributed by atoms with Gasteiger partial charge in [-0.1, -0.05) is 18.2 Å². The van der Waals surface area contributed by atoms with E-state index in [-0.39, 0.29) is 23.4 Å². The van der Waals surface area contributed by atoms with Crippen LogP contribution in [0.5, 0.6) is 0 Å². The Morgan fingerprint density at radius 1 is 1.00 bits per heavy atom. The molecule has 0 radical (unpaired) electrons. The summed E-state index contributed by atoms with van der Waals surface area (Å²) < 4.78 is 0. The van der Waals surface area contributed by atoms with Crippen molar-refractivity contribution in [2.24, 2.45) is 0 Å². The molecule has 2 aliphatic rings. The molecule has 1 N–H and O–H groups in total. The van der Waals surface area contributed by atoms with E-state index in [1.54, 1.807) is 29.5 Å². The topological polar surface area (TPSA) is 69.7 Å². The Kier molecular flexibility index (Phi) is 6.06. The fraction of sp³-hybridized carbons (Fsp3) is 0.296. The molecule has 1 fully saturated rings. The number of rotatable bonds is 6. The van der Waals surface area contributed by atoms with Crippen molar-refractivity contribution in [3.63, 3.8) is 0 Å². The zero-order valence-corrected chi connectivity index (χ0v) is 20.2. The summed E-state index contributed by atoms with van der Waals surface area (Å²) in [5.74, 6) is -0.988. The number of carbonyl (C=O) groups is 3. The molecule has 1 atom stereocenters. The molecular weight excluding hydrogens is 446 g/mol. The van der Waals surface area contributed by atoms with Gasteiger partial charge in [-0.05, 0) is 86.6 Å². The van der Waals surface area contributed by atoms with Crippen LogP contribution in [0.25, 0.3) is 0 Å². The first-order valence-electron chi connectivity index (χ1n) is 11.6. The quantitative estimate of drug-likeness (QED) is 0.526. The number of hydrogen-bond donors (Lipinski definition) is 1. The Bertz CT molecular complexity index is 1260. The van der Waals surface area contributed by atoms with Gasteiger partial charge < -0.3 is 5.32 Å². The van der Waals surface area contributed by atoms with Crippen molar-refractivity contribution in [1.82, 2.24) is 10.2 Å². The lowest BCUT2D eigenvalue weighted by atomic mass is 10.1. The molecular formula is C27H27N3O3S.